The molecule has 1 heterocycles. The lowest BCUT2D eigenvalue weighted by atomic mass is 9.95. The summed E-state index contributed by atoms with van der Waals surface area (Å²) in [5.74, 6) is -0.235. The van der Waals surface area contributed by atoms with Crippen molar-refractivity contribution in [2.45, 2.75) is 12.8 Å². The fraction of sp³-hybridized carbons (Fsp3) is 0.263. The number of benzene rings is 2. The number of amides is 2. The number of nitrogens with one attached hydrogen (secondary N) is 1. The predicted octanol–water partition coefficient (Wildman–Crippen LogP) is 4.48. The molecule has 0 aromatic heterocycles. The molecule has 1 fully saturated rings. The number of likely N-dealkylation sites (tertiary alicyclic amines) is 1. The van der Waals surface area contributed by atoms with Gasteiger partial charge in [0.15, 0.2) is 0 Å². The third kappa shape index (κ3) is 4.33. The van der Waals surface area contributed by atoms with Gasteiger partial charge < -0.3 is 10.2 Å². The van der Waals surface area contributed by atoms with Gasteiger partial charge in [-0.15, -0.1) is 0 Å². The van der Waals surface area contributed by atoms with Crippen LogP contribution in [0.1, 0.15) is 23.2 Å². The summed E-state index contributed by atoms with van der Waals surface area (Å²) >= 11 is 12.0. The topological polar surface area (TPSA) is 49.4 Å². The van der Waals surface area contributed by atoms with Crippen molar-refractivity contribution >= 4 is 40.7 Å². The van der Waals surface area contributed by atoms with Gasteiger partial charge in [0.1, 0.15) is 0 Å². The molecule has 25 heavy (non-hydrogen) atoms. The lowest BCUT2D eigenvalue weighted by molar-refractivity contribution is -0.121. The Kier molecular flexibility index (Phi) is 5.61. The van der Waals surface area contributed by atoms with Crippen LogP contribution in [-0.4, -0.2) is 29.8 Å². The maximum absolute atomic E-state index is 12.6. The molecule has 1 saturated heterocycles. The van der Waals surface area contributed by atoms with Gasteiger partial charge in [-0.1, -0.05) is 41.4 Å². The molecule has 1 aliphatic heterocycles. The number of rotatable bonds is 3. The van der Waals surface area contributed by atoms with Crippen molar-refractivity contribution in [1.29, 1.82) is 0 Å². The van der Waals surface area contributed by atoms with Crippen LogP contribution < -0.4 is 5.32 Å². The van der Waals surface area contributed by atoms with Crippen LogP contribution in [0.25, 0.3) is 0 Å². The summed E-state index contributed by atoms with van der Waals surface area (Å²) in [7, 11) is 0. The van der Waals surface area contributed by atoms with E-state index >= 15 is 0 Å². The predicted molar refractivity (Wildman–Crippen MR) is 100 cm³/mol. The van der Waals surface area contributed by atoms with Crippen LogP contribution in [0.2, 0.25) is 10.0 Å². The Morgan fingerprint density at radius 1 is 1.00 bits per heavy atom. The second kappa shape index (κ2) is 7.89. The highest BCUT2D eigenvalue weighted by Crippen LogP contribution is 2.24. The molecule has 0 saturated carbocycles. The maximum Gasteiger partial charge on any atom is 0.255 e. The molecule has 2 aromatic rings. The smallest absolute Gasteiger partial charge is 0.255 e. The van der Waals surface area contributed by atoms with Gasteiger partial charge in [-0.2, -0.15) is 0 Å². The van der Waals surface area contributed by atoms with Crippen molar-refractivity contribution < 1.29 is 9.59 Å². The first-order valence-electron chi connectivity index (χ1n) is 8.15. The molecular formula is C19H18Cl2N2O2. The highest BCUT2D eigenvalue weighted by Gasteiger charge is 2.28. The van der Waals surface area contributed by atoms with Gasteiger partial charge in [0.05, 0.1) is 10.6 Å². The van der Waals surface area contributed by atoms with E-state index in [1.807, 2.05) is 0 Å². The molecule has 0 aliphatic carbocycles. The van der Waals surface area contributed by atoms with Gasteiger partial charge in [0.25, 0.3) is 5.91 Å². The van der Waals surface area contributed by atoms with E-state index in [-0.39, 0.29) is 17.7 Å². The Morgan fingerprint density at radius 3 is 2.40 bits per heavy atom. The van der Waals surface area contributed by atoms with Gasteiger partial charge in [-0.25, -0.2) is 0 Å². The van der Waals surface area contributed by atoms with Crippen LogP contribution in [0.3, 0.4) is 0 Å². The zero-order valence-corrected chi connectivity index (χ0v) is 15.1. The minimum Gasteiger partial charge on any atom is -0.339 e. The highest BCUT2D eigenvalue weighted by atomic mass is 35.5. The second-order valence-corrected chi connectivity index (χ2v) is 6.89. The normalized spacial score (nSPS) is 15.0. The Labute approximate surface area is 156 Å². The summed E-state index contributed by atoms with van der Waals surface area (Å²) in [6.07, 6.45) is 1.26. The van der Waals surface area contributed by atoms with Gasteiger partial charge in [0, 0.05) is 29.7 Å². The Bertz CT molecular complexity index is 786. The highest BCUT2D eigenvalue weighted by molar-refractivity contribution is 6.33. The molecule has 130 valence electrons. The fourth-order valence-electron chi connectivity index (χ4n) is 2.96. The molecule has 0 spiro atoms. The zero-order chi connectivity index (χ0) is 17.8. The van der Waals surface area contributed by atoms with Crippen LogP contribution >= 0.6 is 23.2 Å². The van der Waals surface area contributed by atoms with E-state index < -0.39 is 0 Å². The van der Waals surface area contributed by atoms with E-state index in [0.717, 1.165) is 0 Å². The summed E-state index contributed by atoms with van der Waals surface area (Å²) < 4.78 is 0. The monoisotopic (exact) mass is 376 g/mol. The van der Waals surface area contributed by atoms with Crippen molar-refractivity contribution in [3.8, 4) is 0 Å². The molecular weight excluding hydrogens is 359 g/mol. The number of anilines is 1. The Balaban J connectivity index is 1.57. The summed E-state index contributed by atoms with van der Waals surface area (Å²) in [4.78, 5) is 26.7. The van der Waals surface area contributed by atoms with Crippen molar-refractivity contribution in [1.82, 2.24) is 4.90 Å². The van der Waals surface area contributed by atoms with Crippen molar-refractivity contribution in [2.75, 3.05) is 18.4 Å². The number of piperidine rings is 1. The molecule has 3 rings (SSSR count). The number of halogens is 2. The first-order chi connectivity index (χ1) is 12.0. The molecule has 4 nitrogen and oxygen atoms in total. The lowest BCUT2D eigenvalue weighted by Crippen LogP contribution is -2.41. The van der Waals surface area contributed by atoms with E-state index in [9.17, 15) is 9.59 Å². The van der Waals surface area contributed by atoms with Crippen molar-refractivity contribution in [2.24, 2.45) is 5.92 Å². The molecule has 0 unspecified atom stereocenters. The largest absolute Gasteiger partial charge is 0.339 e. The van der Waals surface area contributed by atoms with Crippen molar-refractivity contribution in [3.63, 3.8) is 0 Å². The summed E-state index contributed by atoms with van der Waals surface area (Å²) in [5, 5.41) is 3.92. The van der Waals surface area contributed by atoms with Gasteiger partial charge >= 0.3 is 0 Å². The van der Waals surface area contributed by atoms with E-state index in [2.05, 4.69) is 5.32 Å². The minimum absolute atomic E-state index is 0.0351. The van der Waals surface area contributed by atoms with Gasteiger partial charge in [-0.3, -0.25) is 9.59 Å². The molecule has 1 N–H and O–H groups in total. The van der Waals surface area contributed by atoms with E-state index in [1.54, 1.807) is 53.4 Å². The number of nitrogens with zero attached hydrogens (tertiary/aromatic N) is 1. The van der Waals surface area contributed by atoms with Crippen molar-refractivity contribution in [3.05, 3.63) is 64.1 Å². The average molecular weight is 377 g/mol. The quantitative estimate of drug-likeness (QED) is 0.857. The van der Waals surface area contributed by atoms with E-state index in [1.165, 1.54) is 0 Å². The Morgan fingerprint density at radius 2 is 1.72 bits per heavy atom. The van der Waals surface area contributed by atoms with Crippen LogP contribution in [0.15, 0.2) is 48.5 Å². The first kappa shape index (κ1) is 17.8. The molecule has 2 amide bonds. The standard InChI is InChI=1S/C19H18Cl2N2O2/c20-14-4-3-5-15(12-14)22-18(24)13-8-10-23(11-9-13)19(25)16-6-1-2-7-17(16)21/h1-7,12-13H,8-11H2,(H,22,24). The SMILES string of the molecule is O=C(Nc1cccc(Cl)c1)C1CCN(C(=O)c2ccccc2Cl)CC1. The van der Waals surface area contributed by atoms with Crippen LogP contribution in [0.5, 0.6) is 0 Å². The second-order valence-electron chi connectivity index (χ2n) is 6.05. The molecule has 2 aromatic carbocycles. The minimum atomic E-state index is -0.116. The number of hydrogen-bond donors (Lipinski definition) is 1. The number of hydrogen-bond acceptors (Lipinski definition) is 2. The van der Waals surface area contributed by atoms with Gasteiger partial charge in [-0.05, 0) is 43.2 Å². The van der Waals surface area contributed by atoms with Crippen LogP contribution in [-0.2, 0) is 4.79 Å². The number of carbonyl (C=O) groups is 2. The fourth-order valence-corrected chi connectivity index (χ4v) is 3.37. The molecule has 1 aliphatic rings. The van der Waals surface area contributed by atoms with Crippen LogP contribution in [0.4, 0.5) is 5.69 Å². The number of carbonyl (C=O) groups excluding carboxylic acids is 2. The summed E-state index contributed by atoms with van der Waals surface area (Å²) in [6, 6.07) is 14.1. The zero-order valence-electron chi connectivity index (χ0n) is 13.5. The van der Waals surface area contributed by atoms with E-state index in [4.69, 9.17) is 23.2 Å². The first-order valence-corrected chi connectivity index (χ1v) is 8.90. The van der Waals surface area contributed by atoms with E-state index in [0.29, 0.717) is 47.2 Å². The van der Waals surface area contributed by atoms with Crippen LogP contribution in [0, 0.1) is 5.92 Å². The molecule has 0 atom stereocenters. The lowest BCUT2D eigenvalue weighted by Gasteiger charge is -2.31. The summed E-state index contributed by atoms with van der Waals surface area (Å²) in [5.41, 5.74) is 1.19. The average Bonchev–Trinajstić information content (AvgIpc) is 2.62. The molecule has 6 heteroatoms. The van der Waals surface area contributed by atoms with Gasteiger partial charge in [0.2, 0.25) is 5.91 Å². The third-order valence-electron chi connectivity index (χ3n) is 4.35. The maximum atomic E-state index is 12.6. The Hall–Kier alpha value is -2.04. The third-order valence-corrected chi connectivity index (χ3v) is 4.91. The summed E-state index contributed by atoms with van der Waals surface area (Å²) in [6.45, 7) is 1.08. The molecule has 0 bridgehead atoms. The molecule has 0 radical (unpaired) electrons.